The molecule has 3 rings (SSSR count). The average Bonchev–Trinajstić information content (AvgIpc) is 0.879. The van der Waals surface area contributed by atoms with Gasteiger partial charge in [-0.05, 0) is 19.3 Å². The van der Waals surface area contributed by atoms with E-state index in [0.717, 1.165) is 0 Å². The second kappa shape index (κ2) is 64.7. The van der Waals surface area contributed by atoms with Crippen LogP contribution in [0.25, 0.3) is 0 Å². The molecule has 0 aromatic heterocycles. The van der Waals surface area contributed by atoms with E-state index in [0.29, 0.717) is 0 Å². The molecule has 0 aliphatic carbocycles. The van der Waals surface area contributed by atoms with Gasteiger partial charge in [0.15, 0.2) is 0 Å². The fourth-order valence-corrected chi connectivity index (χ4v) is 11.7. The number of amides is 3. The van der Waals surface area contributed by atoms with Gasteiger partial charge in [0.25, 0.3) is 0 Å². The van der Waals surface area contributed by atoms with Gasteiger partial charge < -0.3 is 119 Å². The van der Waals surface area contributed by atoms with E-state index >= 15 is 0 Å². The Hall–Kier alpha value is -3.25. The molecule has 49 heteroatoms. The van der Waals surface area contributed by atoms with Gasteiger partial charge in [-0.2, -0.15) is 0 Å². The Labute approximate surface area is 778 Å². The summed E-state index contributed by atoms with van der Waals surface area (Å²) >= 11 is 0. The zero-order valence-electron chi connectivity index (χ0n) is 63.5. The molecule has 4 radical (unpaired) electrons. The van der Waals surface area contributed by atoms with Crippen molar-refractivity contribution in [3.05, 3.63) is 0 Å². The normalized spacial score (nSPS) is 18.0. The van der Waals surface area contributed by atoms with Gasteiger partial charge in [-0.25, -0.2) is 15.0 Å². The Balaban J connectivity index is -0.000000767. The number of rotatable bonds is 36. The number of nitrogens with one attached hydrogen (secondary N) is 3. The predicted molar refractivity (Wildman–Crippen MR) is 347 cm³/mol. The van der Waals surface area contributed by atoms with Crippen molar-refractivity contribution in [1.29, 1.82) is 0 Å². The predicted octanol–water partition coefficient (Wildman–Crippen LogP) is -24.2. The van der Waals surface area contributed by atoms with Crippen LogP contribution in [0.4, 0.5) is 0 Å². The number of hydrazine groups is 3. The molecule has 0 aromatic rings. The SMILES string of the molecule is CN(C)NC(=O)CC[C@H](C(=O)[O-])N1CCN(CC(=O)[O-])CCN(CC(=O)[O-])CCN(CC(=O)[O-])CC1.CN(C)NC(=O)CC[C@H](C(=O)[O-])N1CCN(CC(=O)[O-])CCN(CC(=O)[O-])CCN(CC(=O)[O-])CC1.CN(C)NC(=O)CC[C@H](C(=O)[O-])N1CCN(CC(=O)[O-])CCN(CC(=O)[O-])CCN(CC(=O)[O-])CC1.[Gd+3].[Gd+3].[Gd+3].[Gd+3]. The minimum atomic E-state index is -1.42. The van der Waals surface area contributed by atoms with E-state index in [4.69, 9.17) is 0 Å². The number of aliphatic carboxylic acids is 12. The van der Waals surface area contributed by atoms with Crippen LogP contribution < -0.4 is 77.6 Å². The zero-order valence-corrected chi connectivity index (χ0v) is 72.5. The molecule has 3 aliphatic heterocycles. The summed E-state index contributed by atoms with van der Waals surface area (Å²) in [5, 5.41) is 141. The fourth-order valence-electron chi connectivity index (χ4n) is 11.7. The summed E-state index contributed by atoms with van der Waals surface area (Å²) in [5.41, 5.74) is 7.56. The van der Waals surface area contributed by atoms with Crippen molar-refractivity contribution < 1.29 is 293 Å². The Morgan fingerprint density at radius 3 is 0.446 bits per heavy atom. The number of carbonyl (C=O) groups is 15. The van der Waals surface area contributed by atoms with E-state index in [-0.39, 0.29) is 355 Å². The smallest absolute Gasteiger partial charge is 0.549 e. The third kappa shape index (κ3) is 57.8. The molecule has 0 spiro atoms. The van der Waals surface area contributed by atoms with Gasteiger partial charge in [-0.3, -0.25) is 89.5 Å². The van der Waals surface area contributed by atoms with Crippen molar-refractivity contribution in [3.63, 3.8) is 0 Å². The molecule has 3 heterocycles. The molecular weight excluding hydrogens is 2070 g/mol. The molecule has 0 bridgehead atoms. The third-order valence-corrected chi connectivity index (χ3v) is 16.9. The van der Waals surface area contributed by atoms with Gasteiger partial charge in [0.1, 0.15) is 0 Å². The molecule has 3 N–H and O–H groups in total. The molecule has 3 saturated heterocycles. The topological polar surface area (TPSA) is 617 Å². The summed E-state index contributed by atoms with van der Waals surface area (Å²) in [6, 6.07) is -3.57. The molecule has 0 saturated carbocycles. The van der Waals surface area contributed by atoms with Crippen LogP contribution in [0.2, 0.25) is 0 Å². The molecule has 0 unspecified atom stereocenters. The summed E-state index contributed by atoms with van der Waals surface area (Å²) in [7, 11) is 9.65. The Morgan fingerprint density at radius 2 is 0.348 bits per heavy atom. The van der Waals surface area contributed by atoms with Crippen LogP contribution in [0.15, 0.2) is 0 Å². The molecular formula is C63H102Gd4N18O27. The van der Waals surface area contributed by atoms with E-state index in [1.54, 1.807) is 42.3 Å². The minimum Gasteiger partial charge on any atom is -0.549 e. The number of carboxylic acids is 12. The zero-order chi connectivity index (χ0) is 81.8. The van der Waals surface area contributed by atoms with Gasteiger partial charge in [-0.1, -0.05) is 0 Å². The summed E-state index contributed by atoms with van der Waals surface area (Å²) < 4.78 is 0. The molecule has 45 nitrogen and oxygen atoms in total. The maximum absolute atomic E-state index is 12.0. The van der Waals surface area contributed by atoms with Crippen LogP contribution in [0.5, 0.6) is 0 Å². The fraction of sp³-hybridized carbons (Fsp3) is 0.762. The minimum absolute atomic E-state index is 0. The maximum atomic E-state index is 12.0. The van der Waals surface area contributed by atoms with E-state index in [1.807, 2.05) is 0 Å². The standard InChI is InChI=1S/3C21H38N6O9.4Gd/c3*1-23(2)22-17(28)4-3-16(21(35)36)27-11-9-25(14-19(31)32)7-5-24(13-18(29)30)6-8-26(10-12-27)15-20(33)34;;;;/h3*16H,3-15H2,1-2H3,(H,22,28)(H,29,30)(H,31,32)(H,33,34)(H,35,36);;;;/q;;;4*+3/p-12/t3*16-;;;;/m111..../s1. The van der Waals surface area contributed by atoms with Crippen LogP contribution in [0.3, 0.4) is 0 Å². The summed E-state index contributed by atoms with van der Waals surface area (Å²) in [5.74, 6) is -17.5. The van der Waals surface area contributed by atoms with Crippen LogP contribution in [-0.2, 0) is 71.9 Å². The first kappa shape index (κ1) is 115. The second-order valence-electron chi connectivity index (χ2n) is 26.4. The van der Waals surface area contributed by atoms with E-state index in [9.17, 15) is 133 Å². The van der Waals surface area contributed by atoms with Gasteiger partial charge in [0.05, 0.1) is 71.6 Å². The molecule has 0 aromatic carbocycles. The molecule has 3 aliphatic rings. The third-order valence-electron chi connectivity index (χ3n) is 16.9. The number of hydrogen-bond donors (Lipinski definition) is 3. The van der Waals surface area contributed by atoms with Crippen LogP contribution in [0.1, 0.15) is 38.5 Å². The monoisotopic (exact) mass is 2170 g/mol. The number of carbonyl (C=O) groups excluding carboxylic acids is 15. The summed E-state index contributed by atoms with van der Waals surface area (Å²) in [6.45, 7) is -1.28. The molecule has 638 valence electrons. The first-order chi connectivity index (χ1) is 50.6. The number of hydrogen-bond acceptors (Lipinski definition) is 42. The van der Waals surface area contributed by atoms with Gasteiger partial charge in [-0.15, -0.1) is 0 Å². The maximum Gasteiger partial charge on any atom is 3.00 e. The van der Waals surface area contributed by atoms with E-state index in [1.165, 1.54) is 73.8 Å². The van der Waals surface area contributed by atoms with Crippen molar-refractivity contribution in [2.75, 3.05) is 258 Å². The van der Waals surface area contributed by atoms with Gasteiger partial charge in [0, 0.05) is 296 Å². The first-order valence-corrected chi connectivity index (χ1v) is 34.7. The number of nitrogens with zero attached hydrogens (tertiary/aromatic N) is 15. The summed E-state index contributed by atoms with van der Waals surface area (Å²) in [6.07, 6.45) is -0.585. The Bertz CT molecular complexity index is 2520. The second-order valence-corrected chi connectivity index (χ2v) is 26.4. The quantitative estimate of drug-likeness (QED) is 0.0490. The van der Waals surface area contributed by atoms with Crippen LogP contribution in [-0.4, -0.2) is 440 Å². The van der Waals surface area contributed by atoms with Crippen molar-refractivity contribution in [1.82, 2.24) is 90.1 Å². The van der Waals surface area contributed by atoms with Crippen LogP contribution >= 0.6 is 0 Å². The number of carboxylic acid groups (broad SMARTS) is 12. The average molecular weight is 2170 g/mol. The molecule has 3 atom stereocenters. The van der Waals surface area contributed by atoms with Crippen molar-refractivity contribution >= 4 is 89.4 Å². The largest absolute Gasteiger partial charge is 3.00 e. The van der Waals surface area contributed by atoms with E-state index in [2.05, 4.69) is 16.3 Å². The molecule has 112 heavy (non-hydrogen) atoms. The Morgan fingerprint density at radius 1 is 0.232 bits per heavy atom. The van der Waals surface area contributed by atoms with Crippen molar-refractivity contribution in [3.8, 4) is 0 Å². The van der Waals surface area contributed by atoms with Gasteiger partial charge in [0.2, 0.25) is 17.7 Å². The van der Waals surface area contributed by atoms with Crippen LogP contribution in [0, 0.1) is 160 Å². The molecule has 3 fully saturated rings. The Kier molecular flexibility index (Phi) is 66.5. The van der Waals surface area contributed by atoms with Crippen molar-refractivity contribution in [2.24, 2.45) is 0 Å². The van der Waals surface area contributed by atoms with Gasteiger partial charge >= 0.3 is 160 Å². The first-order valence-electron chi connectivity index (χ1n) is 34.7. The summed E-state index contributed by atoms with van der Waals surface area (Å²) in [4.78, 5) is 191. The molecule has 3 amide bonds. The van der Waals surface area contributed by atoms with E-state index < -0.39 is 166 Å². The van der Waals surface area contributed by atoms with Crippen molar-refractivity contribution in [2.45, 2.75) is 56.7 Å².